The van der Waals surface area contributed by atoms with E-state index in [0.717, 1.165) is 12.2 Å². The molecule has 1 unspecified atom stereocenters. The largest absolute Gasteiger partial charge is 0.477 e. The molecule has 0 saturated carbocycles. The standard InChI is InChI=1S/C13H18N2O2/c1-9(2)12-4-3-7-15(12)10-5-6-14-11(8-10)13(16)17/h5-6,8-9,12H,3-4,7H2,1-2H3,(H,16,17). The van der Waals surface area contributed by atoms with Gasteiger partial charge in [-0.1, -0.05) is 13.8 Å². The van der Waals surface area contributed by atoms with E-state index in [4.69, 9.17) is 5.11 Å². The summed E-state index contributed by atoms with van der Waals surface area (Å²) in [7, 11) is 0. The molecule has 4 heteroatoms. The number of carboxylic acid groups (broad SMARTS) is 1. The van der Waals surface area contributed by atoms with Crippen LogP contribution in [0.1, 0.15) is 37.2 Å². The van der Waals surface area contributed by atoms with Crippen LogP contribution in [0.15, 0.2) is 18.3 Å². The molecule has 2 heterocycles. The molecule has 0 radical (unpaired) electrons. The predicted octanol–water partition coefficient (Wildman–Crippen LogP) is 2.40. The van der Waals surface area contributed by atoms with Crippen LogP contribution >= 0.6 is 0 Å². The number of carboxylic acids is 1. The average molecular weight is 234 g/mol. The number of aromatic carboxylic acids is 1. The second kappa shape index (κ2) is 4.73. The highest BCUT2D eigenvalue weighted by molar-refractivity contribution is 5.86. The molecule has 1 atom stereocenters. The molecule has 92 valence electrons. The van der Waals surface area contributed by atoms with Crippen LogP contribution in [0.2, 0.25) is 0 Å². The van der Waals surface area contributed by atoms with E-state index < -0.39 is 5.97 Å². The molecule has 1 aliphatic rings. The zero-order chi connectivity index (χ0) is 12.4. The minimum Gasteiger partial charge on any atom is -0.477 e. The van der Waals surface area contributed by atoms with Crippen molar-refractivity contribution in [2.75, 3.05) is 11.4 Å². The van der Waals surface area contributed by atoms with Crippen molar-refractivity contribution in [3.63, 3.8) is 0 Å². The van der Waals surface area contributed by atoms with Gasteiger partial charge in [-0.15, -0.1) is 0 Å². The zero-order valence-corrected chi connectivity index (χ0v) is 10.3. The molecule has 0 aromatic carbocycles. The minimum absolute atomic E-state index is 0.122. The normalized spacial score (nSPS) is 19.9. The summed E-state index contributed by atoms with van der Waals surface area (Å²) in [5.74, 6) is -0.383. The monoisotopic (exact) mass is 234 g/mol. The summed E-state index contributed by atoms with van der Waals surface area (Å²) in [5, 5.41) is 8.95. The Morgan fingerprint density at radius 2 is 2.35 bits per heavy atom. The third-order valence-electron chi connectivity index (χ3n) is 3.36. The van der Waals surface area contributed by atoms with E-state index in [0.29, 0.717) is 12.0 Å². The first-order chi connectivity index (χ1) is 8.09. The molecule has 1 aliphatic heterocycles. The van der Waals surface area contributed by atoms with Crippen molar-refractivity contribution >= 4 is 11.7 Å². The van der Waals surface area contributed by atoms with Crippen molar-refractivity contribution in [1.82, 2.24) is 4.98 Å². The lowest BCUT2D eigenvalue weighted by molar-refractivity contribution is 0.0690. The molecule has 1 aromatic heterocycles. The predicted molar refractivity (Wildman–Crippen MR) is 66.4 cm³/mol. The van der Waals surface area contributed by atoms with Crippen LogP contribution in [0.25, 0.3) is 0 Å². The summed E-state index contributed by atoms with van der Waals surface area (Å²) < 4.78 is 0. The van der Waals surface area contributed by atoms with Crippen molar-refractivity contribution in [2.45, 2.75) is 32.7 Å². The molecule has 0 aliphatic carbocycles. The summed E-state index contributed by atoms with van der Waals surface area (Å²) in [5.41, 5.74) is 1.10. The highest BCUT2D eigenvalue weighted by Gasteiger charge is 2.27. The first-order valence-corrected chi connectivity index (χ1v) is 6.05. The first kappa shape index (κ1) is 11.9. The molecule has 0 amide bonds. The lowest BCUT2D eigenvalue weighted by Crippen LogP contribution is -2.33. The summed E-state index contributed by atoms with van der Waals surface area (Å²) in [6.07, 6.45) is 3.93. The summed E-state index contributed by atoms with van der Waals surface area (Å²) in [6, 6.07) is 4.08. The average Bonchev–Trinajstić information content (AvgIpc) is 2.78. The number of hydrogen-bond acceptors (Lipinski definition) is 3. The lowest BCUT2D eigenvalue weighted by atomic mass is 10.0. The van der Waals surface area contributed by atoms with Gasteiger partial charge in [0.15, 0.2) is 0 Å². The van der Waals surface area contributed by atoms with Crippen LogP contribution in [0.4, 0.5) is 5.69 Å². The molecular weight excluding hydrogens is 216 g/mol. The highest BCUT2D eigenvalue weighted by atomic mass is 16.4. The molecule has 17 heavy (non-hydrogen) atoms. The molecule has 1 aromatic rings. The van der Waals surface area contributed by atoms with Crippen LogP contribution in [-0.4, -0.2) is 28.6 Å². The number of nitrogens with zero attached hydrogens (tertiary/aromatic N) is 2. The number of aromatic nitrogens is 1. The molecule has 1 fully saturated rings. The SMILES string of the molecule is CC(C)C1CCCN1c1ccnc(C(=O)O)c1. The Morgan fingerprint density at radius 3 is 3.00 bits per heavy atom. The van der Waals surface area contributed by atoms with Crippen molar-refractivity contribution < 1.29 is 9.90 Å². The molecule has 4 nitrogen and oxygen atoms in total. The van der Waals surface area contributed by atoms with Crippen LogP contribution in [-0.2, 0) is 0 Å². The van der Waals surface area contributed by atoms with Gasteiger partial charge in [0.1, 0.15) is 5.69 Å². The van der Waals surface area contributed by atoms with Crippen molar-refractivity contribution in [3.05, 3.63) is 24.0 Å². The Morgan fingerprint density at radius 1 is 1.59 bits per heavy atom. The number of hydrogen-bond donors (Lipinski definition) is 1. The Kier molecular flexibility index (Phi) is 3.31. The van der Waals surface area contributed by atoms with Crippen LogP contribution < -0.4 is 4.90 Å². The Balaban J connectivity index is 2.27. The molecule has 2 rings (SSSR count). The molecular formula is C13H18N2O2. The van der Waals surface area contributed by atoms with Crippen molar-refractivity contribution in [3.8, 4) is 0 Å². The summed E-state index contributed by atoms with van der Waals surface area (Å²) in [6.45, 7) is 5.43. The van der Waals surface area contributed by atoms with E-state index in [1.54, 1.807) is 12.3 Å². The van der Waals surface area contributed by atoms with Gasteiger partial charge >= 0.3 is 5.97 Å². The van der Waals surface area contributed by atoms with Gasteiger partial charge in [-0.3, -0.25) is 0 Å². The van der Waals surface area contributed by atoms with Gasteiger partial charge in [-0.2, -0.15) is 0 Å². The third-order valence-corrected chi connectivity index (χ3v) is 3.36. The number of anilines is 1. The van der Waals surface area contributed by atoms with Crippen molar-refractivity contribution in [1.29, 1.82) is 0 Å². The maximum Gasteiger partial charge on any atom is 0.354 e. The first-order valence-electron chi connectivity index (χ1n) is 6.05. The smallest absolute Gasteiger partial charge is 0.354 e. The number of pyridine rings is 1. The van der Waals surface area contributed by atoms with E-state index >= 15 is 0 Å². The fourth-order valence-corrected chi connectivity index (χ4v) is 2.52. The second-order valence-corrected chi connectivity index (χ2v) is 4.85. The van der Waals surface area contributed by atoms with Gasteiger partial charge in [0.25, 0.3) is 0 Å². The van der Waals surface area contributed by atoms with Crippen LogP contribution in [0.3, 0.4) is 0 Å². The van der Waals surface area contributed by atoms with Crippen molar-refractivity contribution in [2.24, 2.45) is 5.92 Å². The Hall–Kier alpha value is -1.58. The quantitative estimate of drug-likeness (QED) is 0.872. The van der Waals surface area contributed by atoms with Gasteiger partial charge in [-0.25, -0.2) is 9.78 Å². The number of rotatable bonds is 3. The fourth-order valence-electron chi connectivity index (χ4n) is 2.52. The van der Waals surface area contributed by atoms with Gasteiger partial charge in [0.05, 0.1) is 0 Å². The van der Waals surface area contributed by atoms with E-state index in [-0.39, 0.29) is 5.69 Å². The van der Waals surface area contributed by atoms with Crippen LogP contribution in [0.5, 0.6) is 0 Å². The number of carbonyl (C=O) groups is 1. The third kappa shape index (κ3) is 2.40. The van der Waals surface area contributed by atoms with E-state index in [1.807, 2.05) is 6.07 Å². The maximum atomic E-state index is 10.9. The Bertz CT molecular complexity index is 418. The highest BCUT2D eigenvalue weighted by Crippen LogP contribution is 2.29. The van der Waals surface area contributed by atoms with E-state index in [1.165, 1.54) is 12.8 Å². The zero-order valence-electron chi connectivity index (χ0n) is 10.3. The topological polar surface area (TPSA) is 53.4 Å². The minimum atomic E-state index is -0.966. The van der Waals surface area contributed by atoms with Crippen LogP contribution in [0, 0.1) is 5.92 Å². The van der Waals surface area contributed by atoms with Gasteiger partial charge in [-0.05, 0) is 30.9 Å². The van der Waals surface area contributed by atoms with Gasteiger partial charge in [0.2, 0.25) is 0 Å². The Labute approximate surface area is 101 Å². The molecule has 0 spiro atoms. The maximum absolute atomic E-state index is 10.9. The lowest BCUT2D eigenvalue weighted by Gasteiger charge is -2.29. The van der Waals surface area contributed by atoms with E-state index in [9.17, 15) is 4.79 Å². The summed E-state index contributed by atoms with van der Waals surface area (Å²) in [4.78, 5) is 17.1. The summed E-state index contributed by atoms with van der Waals surface area (Å²) >= 11 is 0. The molecule has 1 saturated heterocycles. The second-order valence-electron chi connectivity index (χ2n) is 4.85. The fraction of sp³-hybridized carbons (Fsp3) is 0.538. The van der Waals surface area contributed by atoms with Gasteiger partial charge < -0.3 is 10.0 Å². The van der Waals surface area contributed by atoms with E-state index in [2.05, 4.69) is 23.7 Å². The molecule has 1 N–H and O–H groups in total. The molecule has 0 bridgehead atoms. The van der Waals surface area contributed by atoms with Gasteiger partial charge in [0, 0.05) is 24.5 Å².